The Balaban J connectivity index is 2.30. The number of rotatable bonds is 3. The number of thiophene rings is 1. The van der Waals surface area contributed by atoms with Gasteiger partial charge in [-0.25, -0.2) is 9.18 Å². The van der Waals surface area contributed by atoms with E-state index in [0.717, 1.165) is 18.1 Å². The first-order valence-corrected chi connectivity index (χ1v) is 7.71. The van der Waals surface area contributed by atoms with E-state index < -0.39 is 23.7 Å². The third-order valence-electron chi connectivity index (χ3n) is 3.33. The maximum absolute atomic E-state index is 13.2. The van der Waals surface area contributed by atoms with Crippen LogP contribution >= 0.6 is 11.3 Å². The number of methoxy groups -OCH3 is 1. The molecule has 0 unspecified atom stereocenters. The number of alkyl carbamates (subject to hydrolysis) is 1. The predicted octanol–water partition coefficient (Wildman–Crippen LogP) is 3.25. The van der Waals surface area contributed by atoms with Crippen molar-refractivity contribution in [2.75, 3.05) is 12.4 Å². The molecule has 0 aliphatic rings. The maximum Gasteiger partial charge on any atom is 0.413 e. The number of carbonyl (C=O) groups excluding carboxylic acids is 3. The number of carbonyl (C=O) groups is 3. The number of benzene rings is 1. The van der Waals surface area contributed by atoms with Crippen LogP contribution in [-0.2, 0) is 4.74 Å². The Morgan fingerprint density at radius 1 is 1.17 bits per heavy atom. The Morgan fingerprint density at radius 2 is 1.88 bits per heavy atom. The molecule has 1 heterocycles. The lowest BCUT2D eigenvalue weighted by atomic mass is 10.1. The highest BCUT2D eigenvalue weighted by Gasteiger charge is 2.23. The second-order valence-corrected chi connectivity index (χ2v) is 6.12. The van der Waals surface area contributed by atoms with Gasteiger partial charge in [-0.2, -0.15) is 0 Å². The molecule has 2 N–H and O–H groups in total. The van der Waals surface area contributed by atoms with Gasteiger partial charge < -0.3 is 10.1 Å². The van der Waals surface area contributed by atoms with E-state index in [4.69, 9.17) is 0 Å². The molecule has 126 valence electrons. The molecule has 0 saturated carbocycles. The van der Waals surface area contributed by atoms with Crippen LogP contribution in [0.25, 0.3) is 0 Å². The summed E-state index contributed by atoms with van der Waals surface area (Å²) in [5.74, 6) is -1.77. The molecule has 0 aliphatic carbocycles. The topological polar surface area (TPSA) is 84.5 Å². The Bertz CT molecular complexity index is 816. The molecule has 0 fully saturated rings. The second-order valence-electron chi connectivity index (χ2n) is 4.90. The van der Waals surface area contributed by atoms with Crippen LogP contribution in [-0.4, -0.2) is 25.0 Å². The van der Waals surface area contributed by atoms with Crippen LogP contribution in [0.1, 0.15) is 31.2 Å². The zero-order valence-electron chi connectivity index (χ0n) is 13.2. The molecule has 0 spiro atoms. The highest BCUT2D eigenvalue weighted by atomic mass is 32.1. The largest absolute Gasteiger partial charge is 0.453 e. The Kier molecular flexibility index (Phi) is 5.30. The van der Waals surface area contributed by atoms with Crippen molar-refractivity contribution in [1.29, 1.82) is 0 Å². The molecule has 2 aromatic rings. The molecule has 1 aromatic carbocycles. The molecular weight excluding hydrogens is 335 g/mol. The molecule has 0 saturated heterocycles. The zero-order valence-corrected chi connectivity index (χ0v) is 14.0. The van der Waals surface area contributed by atoms with Gasteiger partial charge in [0.1, 0.15) is 10.8 Å². The molecule has 24 heavy (non-hydrogen) atoms. The van der Waals surface area contributed by atoms with Crippen molar-refractivity contribution in [3.05, 3.63) is 51.7 Å². The molecule has 2 rings (SSSR count). The highest BCUT2D eigenvalue weighted by Crippen LogP contribution is 2.32. The van der Waals surface area contributed by atoms with Gasteiger partial charge in [-0.05, 0) is 37.6 Å². The fourth-order valence-electron chi connectivity index (χ4n) is 2.00. The van der Waals surface area contributed by atoms with E-state index in [1.54, 1.807) is 13.8 Å². The number of imide groups is 1. The number of nitrogens with one attached hydrogen (secondary N) is 2. The van der Waals surface area contributed by atoms with Crippen LogP contribution in [0.3, 0.4) is 0 Å². The van der Waals surface area contributed by atoms with Crippen LogP contribution in [0.5, 0.6) is 0 Å². The molecule has 0 bridgehead atoms. The Hall–Kier alpha value is -2.74. The first-order chi connectivity index (χ1) is 11.3. The van der Waals surface area contributed by atoms with E-state index in [9.17, 15) is 18.8 Å². The smallest absolute Gasteiger partial charge is 0.413 e. The number of hydrogen-bond acceptors (Lipinski definition) is 5. The SMILES string of the molecule is COC(=O)NC(=O)c1c(NC(=O)c2cccc(F)c2)sc(C)c1C. The van der Waals surface area contributed by atoms with Crippen molar-refractivity contribution < 1.29 is 23.5 Å². The minimum atomic E-state index is -0.898. The lowest BCUT2D eigenvalue weighted by Gasteiger charge is -2.07. The summed E-state index contributed by atoms with van der Waals surface area (Å²) in [5.41, 5.74) is 0.932. The average molecular weight is 350 g/mol. The Morgan fingerprint density at radius 3 is 2.50 bits per heavy atom. The molecular formula is C16H15FN2O4S. The normalized spacial score (nSPS) is 10.2. The molecule has 1 aromatic heterocycles. The van der Waals surface area contributed by atoms with Gasteiger partial charge in [0.25, 0.3) is 11.8 Å². The van der Waals surface area contributed by atoms with E-state index >= 15 is 0 Å². The quantitative estimate of drug-likeness (QED) is 0.890. The number of aryl methyl sites for hydroxylation is 1. The summed E-state index contributed by atoms with van der Waals surface area (Å²) in [6.07, 6.45) is -0.898. The minimum Gasteiger partial charge on any atom is -0.453 e. The third-order valence-corrected chi connectivity index (χ3v) is 4.45. The molecule has 0 radical (unpaired) electrons. The fourth-order valence-corrected chi connectivity index (χ4v) is 3.05. The number of anilines is 1. The summed E-state index contributed by atoms with van der Waals surface area (Å²) >= 11 is 1.19. The molecule has 0 aliphatic heterocycles. The van der Waals surface area contributed by atoms with Gasteiger partial charge in [-0.3, -0.25) is 14.9 Å². The van der Waals surface area contributed by atoms with E-state index in [2.05, 4.69) is 15.4 Å². The zero-order chi connectivity index (χ0) is 17.9. The number of hydrogen-bond donors (Lipinski definition) is 2. The van der Waals surface area contributed by atoms with Gasteiger partial charge in [-0.1, -0.05) is 6.07 Å². The van der Waals surface area contributed by atoms with Crippen LogP contribution < -0.4 is 10.6 Å². The summed E-state index contributed by atoms with van der Waals surface area (Å²) in [4.78, 5) is 36.5. The molecule has 6 nitrogen and oxygen atoms in total. The van der Waals surface area contributed by atoms with E-state index in [1.165, 1.54) is 29.5 Å². The summed E-state index contributed by atoms with van der Waals surface area (Å²) in [6, 6.07) is 5.20. The maximum atomic E-state index is 13.2. The van der Waals surface area contributed by atoms with Gasteiger partial charge in [0, 0.05) is 10.4 Å². The fraction of sp³-hybridized carbons (Fsp3) is 0.188. The van der Waals surface area contributed by atoms with Crippen LogP contribution in [0.4, 0.5) is 14.2 Å². The van der Waals surface area contributed by atoms with Crippen LogP contribution in [0.15, 0.2) is 24.3 Å². The minimum absolute atomic E-state index is 0.123. The second kappa shape index (κ2) is 7.22. The van der Waals surface area contributed by atoms with Crippen molar-refractivity contribution in [2.45, 2.75) is 13.8 Å². The van der Waals surface area contributed by atoms with Crippen molar-refractivity contribution in [3.8, 4) is 0 Å². The third kappa shape index (κ3) is 3.77. The predicted molar refractivity (Wildman–Crippen MR) is 88.0 cm³/mol. The van der Waals surface area contributed by atoms with Gasteiger partial charge in [-0.15, -0.1) is 11.3 Å². The van der Waals surface area contributed by atoms with Crippen LogP contribution in [0.2, 0.25) is 0 Å². The number of amides is 3. The summed E-state index contributed by atoms with van der Waals surface area (Å²) in [7, 11) is 1.14. The van der Waals surface area contributed by atoms with Gasteiger partial charge >= 0.3 is 6.09 Å². The lowest BCUT2D eigenvalue weighted by Crippen LogP contribution is -2.31. The van der Waals surface area contributed by atoms with E-state index in [0.29, 0.717) is 5.56 Å². The van der Waals surface area contributed by atoms with Crippen molar-refractivity contribution >= 4 is 34.2 Å². The monoisotopic (exact) mass is 350 g/mol. The van der Waals surface area contributed by atoms with Crippen molar-refractivity contribution in [1.82, 2.24) is 5.32 Å². The van der Waals surface area contributed by atoms with E-state index in [1.807, 2.05) is 0 Å². The molecule has 0 atom stereocenters. The first-order valence-electron chi connectivity index (χ1n) is 6.89. The number of halogens is 1. The number of ether oxygens (including phenoxy) is 1. The highest BCUT2D eigenvalue weighted by molar-refractivity contribution is 7.16. The summed E-state index contributed by atoms with van der Waals surface area (Å²) in [5, 5.41) is 4.92. The molecule has 3 amide bonds. The summed E-state index contributed by atoms with van der Waals surface area (Å²) in [6.45, 7) is 3.49. The average Bonchev–Trinajstić information content (AvgIpc) is 2.81. The van der Waals surface area contributed by atoms with E-state index in [-0.39, 0.29) is 16.1 Å². The van der Waals surface area contributed by atoms with Crippen molar-refractivity contribution in [3.63, 3.8) is 0 Å². The van der Waals surface area contributed by atoms with Gasteiger partial charge in [0.15, 0.2) is 0 Å². The van der Waals surface area contributed by atoms with Gasteiger partial charge in [0.2, 0.25) is 0 Å². The Labute approximate surface area is 141 Å². The van der Waals surface area contributed by atoms with Crippen molar-refractivity contribution in [2.24, 2.45) is 0 Å². The molecule has 8 heteroatoms. The first kappa shape index (κ1) is 17.6. The standard InChI is InChI=1S/C16H15FN2O4S/c1-8-9(2)24-15(12(8)14(21)19-16(22)23-3)18-13(20)10-5-4-6-11(17)7-10/h4-7H,1-3H3,(H,18,20)(H,19,21,22). The van der Waals surface area contributed by atoms with Gasteiger partial charge in [0.05, 0.1) is 12.7 Å². The van der Waals surface area contributed by atoms with Crippen LogP contribution in [0, 0.1) is 19.7 Å². The summed E-state index contributed by atoms with van der Waals surface area (Å²) < 4.78 is 17.6. The lowest BCUT2D eigenvalue weighted by molar-refractivity contribution is 0.0937.